The van der Waals surface area contributed by atoms with Crippen molar-refractivity contribution >= 4 is 55.9 Å². The van der Waals surface area contributed by atoms with Crippen molar-refractivity contribution in [2.45, 2.75) is 11.4 Å². The molecule has 2 aromatic carbocycles. The third-order valence-corrected chi connectivity index (χ3v) is 5.99. The number of hydrogen-bond donors (Lipinski definition) is 1. The van der Waals surface area contributed by atoms with Gasteiger partial charge in [-0.3, -0.25) is 4.72 Å². The molecule has 0 bridgehead atoms. The first-order valence-electron chi connectivity index (χ1n) is 8.37. The molecule has 10 heteroatoms. The molecule has 0 saturated carbocycles. The summed E-state index contributed by atoms with van der Waals surface area (Å²) in [4.78, 5) is 8.65. The Bertz CT molecular complexity index is 1280. The van der Waals surface area contributed by atoms with Crippen molar-refractivity contribution in [3.05, 3.63) is 82.0 Å². The van der Waals surface area contributed by atoms with Crippen LogP contribution in [0.15, 0.2) is 70.2 Å². The minimum atomic E-state index is -4.08. The number of sulfonamides is 1. The smallest absolute Gasteiger partial charge is 0.264 e. The summed E-state index contributed by atoms with van der Waals surface area (Å²) in [5.74, 6) is 0.708. The number of hydrogen-bond acceptors (Lipinski definition) is 5. The molecule has 0 fully saturated rings. The zero-order valence-corrected chi connectivity index (χ0v) is 17.0. The molecule has 0 spiro atoms. The fourth-order valence-electron chi connectivity index (χ4n) is 2.59. The van der Waals surface area contributed by atoms with Crippen LogP contribution in [0.25, 0.3) is 16.4 Å². The second-order valence-corrected chi connectivity index (χ2v) is 8.45. The van der Waals surface area contributed by atoms with Crippen molar-refractivity contribution in [2.24, 2.45) is 0 Å². The van der Waals surface area contributed by atoms with E-state index in [2.05, 4.69) is 20.0 Å². The summed E-state index contributed by atoms with van der Waals surface area (Å²) in [5, 5.41) is 4.63. The maximum Gasteiger partial charge on any atom is 0.264 e. The number of nitrogens with one attached hydrogen (secondary N) is 1. The zero-order chi connectivity index (χ0) is 20.4. The van der Waals surface area contributed by atoms with Gasteiger partial charge in [0.15, 0.2) is 0 Å². The lowest BCUT2D eigenvalue weighted by molar-refractivity contribution is 0.521. The number of para-hydroxylation sites is 2. The molecule has 0 atom stereocenters. The minimum absolute atomic E-state index is 0.0219. The van der Waals surface area contributed by atoms with Gasteiger partial charge in [-0.2, -0.15) is 0 Å². The number of halogens is 2. The standard InChI is InChI=1S/C19H13Cl2N4O3S/c20-12-7-8-14(21)17(10-12)29(26,27)25-19-18(22-11-13-4-3-9-28-13)23-15-5-1-2-6-16(15)24-19/h1-10H,11H2,(H-,22,23,24,25)/q-1. The molecule has 0 aliphatic heterocycles. The Hall–Kier alpha value is -2.81. The predicted octanol–water partition coefficient (Wildman–Crippen LogP) is 5.54. The Morgan fingerprint density at radius 2 is 1.76 bits per heavy atom. The summed E-state index contributed by atoms with van der Waals surface area (Å²) in [6, 6.07) is 14.8. The van der Waals surface area contributed by atoms with Gasteiger partial charge >= 0.3 is 0 Å². The van der Waals surface area contributed by atoms with E-state index in [1.54, 1.807) is 30.3 Å². The number of nitrogens with zero attached hydrogens (tertiary/aromatic N) is 3. The van der Waals surface area contributed by atoms with Crippen molar-refractivity contribution in [1.82, 2.24) is 9.97 Å². The third kappa shape index (κ3) is 4.29. The molecule has 0 saturated heterocycles. The number of anilines is 1. The molecule has 148 valence electrons. The van der Waals surface area contributed by atoms with Gasteiger partial charge in [-0.1, -0.05) is 41.4 Å². The topological polar surface area (TPSA) is 99.2 Å². The number of fused-ring (bicyclic) bond motifs is 1. The molecule has 0 aliphatic carbocycles. The van der Waals surface area contributed by atoms with Gasteiger partial charge < -0.3 is 14.7 Å². The minimum Gasteiger partial charge on any atom is -0.469 e. The number of aromatic nitrogens is 2. The molecule has 0 amide bonds. The monoisotopic (exact) mass is 447 g/mol. The quantitative estimate of drug-likeness (QED) is 0.418. The van der Waals surface area contributed by atoms with Gasteiger partial charge in [0.25, 0.3) is 10.0 Å². The summed E-state index contributed by atoms with van der Waals surface area (Å²) >= 11 is 12.0. The largest absolute Gasteiger partial charge is 0.469 e. The molecule has 1 N–H and O–H groups in total. The van der Waals surface area contributed by atoms with Crippen LogP contribution in [0.2, 0.25) is 10.0 Å². The molecule has 4 aromatic rings. The highest BCUT2D eigenvalue weighted by atomic mass is 35.5. The zero-order valence-electron chi connectivity index (χ0n) is 14.7. The van der Waals surface area contributed by atoms with Crippen molar-refractivity contribution in [2.75, 3.05) is 4.72 Å². The fourth-order valence-corrected chi connectivity index (χ4v) is 4.36. The molecule has 0 aliphatic rings. The summed E-state index contributed by atoms with van der Waals surface area (Å²) in [7, 11) is -4.08. The van der Waals surface area contributed by atoms with Crippen molar-refractivity contribution < 1.29 is 12.8 Å². The van der Waals surface area contributed by atoms with Gasteiger partial charge in [-0.25, -0.2) is 13.4 Å². The molecule has 2 heterocycles. The highest BCUT2D eigenvalue weighted by Crippen LogP contribution is 2.32. The van der Waals surface area contributed by atoms with Gasteiger partial charge in [0.05, 0.1) is 16.8 Å². The van der Waals surface area contributed by atoms with E-state index < -0.39 is 10.0 Å². The predicted molar refractivity (Wildman–Crippen MR) is 112 cm³/mol. The summed E-state index contributed by atoms with van der Waals surface area (Å²) in [6.07, 6.45) is 1.53. The highest BCUT2D eigenvalue weighted by molar-refractivity contribution is 7.92. The number of rotatable bonds is 6. The maximum atomic E-state index is 12.9. The Labute approximate surface area is 176 Å². The maximum absolute atomic E-state index is 12.9. The lowest BCUT2D eigenvalue weighted by Crippen LogP contribution is -2.15. The van der Waals surface area contributed by atoms with E-state index >= 15 is 0 Å². The van der Waals surface area contributed by atoms with E-state index in [1.807, 2.05) is 6.07 Å². The van der Waals surface area contributed by atoms with E-state index in [0.29, 0.717) is 16.8 Å². The Morgan fingerprint density at radius 3 is 2.48 bits per heavy atom. The van der Waals surface area contributed by atoms with Crippen LogP contribution in [0.3, 0.4) is 0 Å². The van der Waals surface area contributed by atoms with E-state index in [0.717, 1.165) is 0 Å². The Balaban J connectivity index is 1.74. The van der Waals surface area contributed by atoms with Crippen molar-refractivity contribution in [3.63, 3.8) is 0 Å². The van der Waals surface area contributed by atoms with Crippen molar-refractivity contribution in [3.8, 4) is 0 Å². The molecule has 4 rings (SSSR count). The normalized spacial score (nSPS) is 11.5. The first-order valence-corrected chi connectivity index (χ1v) is 10.6. The van der Waals surface area contributed by atoms with E-state index in [4.69, 9.17) is 27.6 Å². The fraction of sp³-hybridized carbons (Fsp3) is 0.0526. The second kappa shape index (κ2) is 7.90. The highest BCUT2D eigenvalue weighted by Gasteiger charge is 2.20. The van der Waals surface area contributed by atoms with Crippen LogP contribution in [0.5, 0.6) is 0 Å². The summed E-state index contributed by atoms with van der Waals surface area (Å²) in [6.45, 7) is 0.173. The van der Waals surface area contributed by atoms with Crippen LogP contribution in [-0.4, -0.2) is 18.4 Å². The summed E-state index contributed by atoms with van der Waals surface area (Å²) in [5.41, 5.74) is 1.09. The van der Waals surface area contributed by atoms with Crippen LogP contribution in [-0.2, 0) is 16.6 Å². The molecule has 7 nitrogen and oxygen atoms in total. The van der Waals surface area contributed by atoms with Gasteiger partial charge in [-0.15, -0.1) is 0 Å². The number of benzene rings is 2. The SMILES string of the molecule is O=S(=O)(Nc1nc2ccccc2nc1[N-]Cc1ccco1)c1cc(Cl)ccc1Cl. The van der Waals surface area contributed by atoms with Crippen molar-refractivity contribution in [1.29, 1.82) is 0 Å². The third-order valence-electron chi connectivity index (χ3n) is 3.93. The first kappa shape index (κ1) is 19.5. The lowest BCUT2D eigenvalue weighted by atomic mass is 10.3. The summed E-state index contributed by atoms with van der Waals surface area (Å²) < 4.78 is 33.5. The number of furan rings is 1. The van der Waals surface area contributed by atoms with Crippen LogP contribution in [0.1, 0.15) is 5.76 Å². The van der Waals surface area contributed by atoms with E-state index in [9.17, 15) is 8.42 Å². The first-order chi connectivity index (χ1) is 13.9. The van der Waals surface area contributed by atoms with Gasteiger partial charge in [-0.05, 0) is 47.7 Å². The molecule has 29 heavy (non-hydrogen) atoms. The van der Waals surface area contributed by atoms with Gasteiger partial charge in [0.2, 0.25) is 0 Å². The van der Waals surface area contributed by atoms with E-state index in [-0.39, 0.29) is 33.1 Å². The van der Waals surface area contributed by atoms with Crippen LogP contribution in [0, 0.1) is 0 Å². The lowest BCUT2D eigenvalue weighted by Gasteiger charge is -2.20. The molecule has 2 aromatic heterocycles. The Kier molecular flexibility index (Phi) is 5.31. The van der Waals surface area contributed by atoms with Crippen LogP contribution in [0.4, 0.5) is 11.6 Å². The average molecular weight is 448 g/mol. The second-order valence-electron chi connectivity index (χ2n) is 5.96. The molecule has 0 unspecified atom stereocenters. The van der Waals surface area contributed by atoms with Gasteiger partial charge in [0, 0.05) is 11.6 Å². The average Bonchev–Trinajstić information content (AvgIpc) is 3.21. The van der Waals surface area contributed by atoms with Crippen LogP contribution >= 0.6 is 23.2 Å². The molecular formula is C19H13Cl2N4O3S-. The molecular weight excluding hydrogens is 435 g/mol. The van der Waals surface area contributed by atoms with E-state index in [1.165, 1.54) is 24.5 Å². The molecule has 0 radical (unpaired) electrons. The van der Waals surface area contributed by atoms with Gasteiger partial charge in [0.1, 0.15) is 16.5 Å². The van der Waals surface area contributed by atoms with Crippen LogP contribution < -0.4 is 4.72 Å². The Morgan fingerprint density at radius 1 is 1.00 bits per heavy atom.